The summed E-state index contributed by atoms with van der Waals surface area (Å²) in [7, 11) is 0. The van der Waals surface area contributed by atoms with Crippen molar-refractivity contribution < 1.29 is 19.4 Å². The third-order valence-corrected chi connectivity index (χ3v) is 3.06. The fourth-order valence-corrected chi connectivity index (χ4v) is 2.08. The molecule has 0 amide bonds. The zero-order chi connectivity index (χ0) is 14.5. The minimum atomic E-state index is -0.924. The number of carbonyl (C=O) groups excluding carboxylic acids is 1. The first kappa shape index (κ1) is 14.1. The van der Waals surface area contributed by atoms with Gasteiger partial charge in [-0.3, -0.25) is 9.36 Å². The molecule has 0 unspecified atom stereocenters. The number of hydrogen-bond acceptors (Lipinski definition) is 3. The van der Waals surface area contributed by atoms with Crippen LogP contribution in [0.1, 0.15) is 25.3 Å². The molecule has 1 aromatic carbocycles. The second kappa shape index (κ2) is 6.23. The van der Waals surface area contributed by atoms with Gasteiger partial charge in [-0.1, -0.05) is 31.5 Å². The number of carboxylic acids is 1. The van der Waals surface area contributed by atoms with E-state index in [0.29, 0.717) is 17.7 Å². The van der Waals surface area contributed by atoms with Crippen LogP contribution in [-0.4, -0.2) is 28.3 Å². The lowest BCUT2D eigenvalue weighted by atomic mass is 10.1. The molecule has 0 bridgehead atoms. The van der Waals surface area contributed by atoms with E-state index in [1.165, 1.54) is 4.57 Å². The van der Waals surface area contributed by atoms with Crippen molar-refractivity contribution in [3.8, 4) is 0 Å². The third kappa shape index (κ3) is 2.99. The molecule has 0 saturated heterocycles. The quantitative estimate of drug-likeness (QED) is 0.851. The number of benzene rings is 1. The first-order valence-corrected chi connectivity index (χ1v) is 6.61. The van der Waals surface area contributed by atoms with Crippen molar-refractivity contribution in [3.05, 3.63) is 36.0 Å². The highest BCUT2D eigenvalue weighted by atomic mass is 16.5. The Labute approximate surface area is 116 Å². The molecule has 106 valence electrons. The van der Waals surface area contributed by atoms with Crippen LogP contribution in [0.2, 0.25) is 0 Å². The van der Waals surface area contributed by atoms with Crippen molar-refractivity contribution in [1.29, 1.82) is 0 Å². The van der Waals surface area contributed by atoms with Crippen LogP contribution < -0.4 is 0 Å². The van der Waals surface area contributed by atoms with Crippen LogP contribution in [-0.2, 0) is 16.0 Å². The Morgan fingerprint density at radius 1 is 1.30 bits per heavy atom. The Bertz CT molecular complexity index is 630. The third-order valence-electron chi connectivity index (χ3n) is 3.06. The van der Waals surface area contributed by atoms with Crippen molar-refractivity contribution in [3.63, 3.8) is 0 Å². The minimum Gasteiger partial charge on any atom is -0.481 e. The van der Waals surface area contributed by atoms with E-state index in [1.807, 2.05) is 25.1 Å². The Morgan fingerprint density at radius 2 is 2.05 bits per heavy atom. The molecule has 0 aliphatic carbocycles. The number of para-hydroxylation sites is 1. The van der Waals surface area contributed by atoms with Crippen molar-refractivity contribution in [2.45, 2.75) is 26.2 Å². The van der Waals surface area contributed by atoms with Crippen molar-refractivity contribution in [2.24, 2.45) is 0 Å². The number of ether oxygens (including phenoxy) is 1. The maximum absolute atomic E-state index is 12.0. The van der Waals surface area contributed by atoms with E-state index in [0.717, 1.165) is 18.2 Å². The highest BCUT2D eigenvalue weighted by molar-refractivity contribution is 5.93. The summed E-state index contributed by atoms with van der Waals surface area (Å²) in [4.78, 5) is 22.9. The second-order valence-corrected chi connectivity index (χ2v) is 4.58. The van der Waals surface area contributed by atoms with Gasteiger partial charge in [0.15, 0.2) is 0 Å². The number of nitrogens with zero attached hydrogens (tertiary/aromatic N) is 1. The summed E-state index contributed by atoms with van der Waals surface area (Å²) < 4.78 is 6.55. The molecule has 1 aromatic heterocycles. The van der Waals surface area contributed by atoms with Gasteiger partial charge in [0.2, 0.25) is 0 Å². The Hall–Kier alpha value is -2.30. The molecule has 0 aliphatic rings. The van der Waals surface area contributed by atoms with Gasteiger partial charge in [-0.2, -0.15) is 0 Å². The van der Waals surface area contributed by atoms with Crippen LogP contribution in [0.25, 0.3) is 10.9 Å². The molecular formula is C15H17NO4. The highest BCUT2D eigenvalue weighted by Gasteiger charge is 2.15. The number of fused-ring (bicyclic) bond motifs is 1. The van der Waals surface area contributed by atoms with Gasteiger partial charge in [-0.05, 0) is 18.1 Å². The maximum atomic E-state index is 12.0. The Morgan fingerprint density at radius 3 is 2.75 bits per heavy atom. The average Bonchev–Trinajstić information content (AvgIpc) is 2.78. The maximum Gasteiger partial charge on any atom is 0.418 e. The molecular weight excluding hydrogens is 258 g/mol. The molecule has 20 heavy (non-hydrogen) atoms. The lowest BCUT2D eigenvalue weighted by Crippen LogP contribution is -2.13. The van der Waals surface area contributed by atoms with E-state index >= 15 is 0 Å². The number of carboxylic acid groups (broad SMARTS) is 1. The summed E-state index contributed by atoms with van der Waals surface area (Å²) in [6, 6.07) is 7.22. The molecule has 2 aromatic rings. The van der Waals surface area contributed by atoms with Crippen LogP contribution in [0.15, 0.2) is 30.5 Å². The number of unbranched alkanes of at least 4 members (excludes halogenated alkanes) is 1. The van der Waals surface area contributed by atoms with Crippen molar-refractivity contribution in [1.82, 2.24) is 4.57 Å². The number of aromatic nitrogens is 1. The fraction of sp³-hybridized carbons (Fsp3) is 0.333. The summed E-state index contributed by atoms with van der Waals surface area (Å²) in [5.74, 6) is -0.924. The Kier molecular flexibility index (Phi) is 4.40. The lowest BCUT2D eigenvalue weighted by molar-refractivity contribution is -0.136. The first-order chi connectivity index (χ1) is 9.63. The van der Waals surface area contributed by atoms with Crippen molar-refractivity contribution >= 4 is 23.0 Å². The summed E-state index contributed by atoms with van der Waals surface area (Å²) in [6.45, 7) is 2.39. The minimum absolute atomic E-state index is 0.115. The van der Waals surface area contributed by atoms with Crippen molar-refractivity contribution in [2.75, 3.05) is 6.61 Å². The van der Waals surface area contributed by atoms with Crippen LogP contribution in [0, 0.1) is 0 Å². The predicted octanol–water partition coefficient (Wildman–Crippen LogP) is 3.05. The van der Waals surface area contributed by atoms with E-state index in [9.17, 15) is 9.59 Å². The largest absolute Gasteiger partial charge is 0.481 e. The van der Waals surface area contributed by atoms with E-state index in [4.69, 9.17) is 9.84 Å². The number of aliphatic carboxylic acids is 1. The van der Waals surface area contributed by atoms with E-state index in [2.05, 4.69) is 0 Å². The molecule has 0 atom stereocenters. The molecule has 0 saturated carbocycles. The van der Waals surface area contributed by atoms with Crippen LogP contribution in [0.3, 0.4) is 0 Å². The molecule has 0 spiro atoms. The van der Waals surface area contributed by atoms with Gasteiger partial charge in [-0.25, -0.2) is 4.79 Å². The van der Waals surface area contributed by atoms with Gasteiger partial charge < -0.3 is 9.84 Å². The second-order valence-electron chi connectivity index (χ2n) is 4.58. The van der Waals surface area contributed by atoms with Gasteiger partial charge in [0.25, 0.3) is 0 Å². The molecule has 0 fully saturated rings. The number of rotatable bonds is 5. The lowest BCUT2D eigenvalue weighted by Gasteiger charge is -2.05. The van der Waals surface area contributed by atoms with Gasteiger partial charge in [0, 0.05) is 11.6 Å². The molecule has 1 N–H and O–H groups in total. The Balaban J connectivity index is 2.33. The van der Waals surface area contributed by atoms with E-state index < -0.39 is 12.1 Å². The highest BCUT2D eigenvalue weighted by Crippen LogP contribution is 2.22. The monoisotopic (exact) mass is 275 g/mol. The molecule has 0 aliphatic heterocycles. The summed E-state index contributed by atoms with van der Waals surface area (Å²) in [5, 5.41) is 9.69. The molecule has 2 rings (SSSR count). The summed E-state index contributed by atoms with van der Waals surface area (Å²) in [5.41, 5.74) is 1.28. The molecule has 0 radical (unpaired) electrons. The van der Waals surface area contributed by atoms with Gasteiger partial charge in [0.05, 0.1) is 18.5 Å². The van der Waals surface area contributed by atoms with Crippen LogP contribution >= 0.6 is 0 Å². The van der Waals surface area contributed by atoms with Crippen LogP contribution in [0.5, 0.6) is 0 Å². The SMILES string of the molecule is CCCCOC(=O)n1cc(CC(=O)O)c2ccccc21. The topological polar surface area (TPSA) is 68.5 Å². The zero-order valence-corrected chi connectivity index (χ0v) is 11.3. The summed E-state index contributed by atoms with van der Waals surface area (Å²) in [6.07, 6.45) is 2.73. The molecule has 5 nitrogen and oxygen atoms in total. The average molecular weight is 275 g/mol. The zero-order valence-electron chi connectivity index (χ0n) is 11.3. The van der Waals surface area contributed by atoms with Gasteiger partial charge in [0.1, 0.15) is 0 Å². The molecule has 5 heteroatoms. The molecule has 1 heterocycles. The normalized spacial score (nSPS) is 10.7. The van der Waals surface area contributed by atoms with E-state index in [-0.39, 0.29) is 6.42 Å². The standard InChI is InChI=1S/C15H17NO4/c1-2-3-8-20-15(19)16-10-11(9-14(17)18)12-6-4-5-7-13(12)16/h4-7,10H,2-3,8-9H2,1H3,(H,17,18). The smallest absolute Gasteiger partial charge is 0.418 e. The van der Waals surface area contributed by atoms with Gasteiger partial charge >= 0.3 is 12.1 Å². The summed E-state index contributed by atoms with van der Waals surface area (Å²) >= 11 is 0. The predicted molar refractivity (Wildman–Crippen MR) is 74.9 cm³/mol. The first-order valence-electron chi connectivity index (χ1n) is 6.61. The fourth-order valence-electron chi connectivity index (χ4n) is 2.08. The van der Waals surface area contributed by atoms with E-state index in [1.54, 1.807) is 12.3 Å². The number of carbonyl (C=O) groups is 2. The van der Waals surface area contributed by atoms with Crippen LogP contribution in [0.4, 0.5) is 4.79 Å². The number of hydrogen-bond donors (Lipinski definition) is 1. The van der Waals surface area contributed by atoms with Gasteiger partial charge in [-0.15, -0.1) is 0 Å².